The fourth-order valence-corrected chi connectivity index (χ4v) is 1.35. The first kappa shape index (κ1) is 7.98. The molecule has 0 spiro atoms. The van der Waals surface area contributed by atoms with Crippen LogP contribution in [0.15, 0.2) is 29.1 Å². The monoisotopic (exact) mass is 177 g/mol. The van der Waals surface area contributed by atoms with Gasteiger partial charge in [-0.25, -0.2) is 4.39 Å². The van der Waals surface area contributed by atoms with Crippen molar-refractivity contribution in [3.05, 3.63) is 46.0 Å². The Morgan fingerprint density at radius 1 is 1.31 bits per heavy atom. The first-order valence-electron chi connectivity index (χ1n) is 3.96. The summed E-state index contributed by atoms with van der Waals surface area (Å²) in [6.07, 6.45) is 0. The molecule has 13 heavy (non-hydrogen) atoms. The molecule has 0 aliphatic carbocycles. The molecule has 1 N–H and O–H groups in total. The average Bonchev–Trinajstić information content (AvgIpc) is 2.06. The molecule has 0 fully saturated rings. The summed E-state index contributed by atoms with van der Waals surface area (Å²) in [6, 6.07) is 5.60. The number of nitrogens with one attached hydrogen (secondary N) is 1. The molecule has 0 aliphatic rings. The molecule has 3 heteroatoms. The number of halogens is 1. The van der Waals surface area contributed by atoms with Crippen LogP contribution in [0.25, 0.3) is 10.9 Å². The van der Waals surface area contributed by atoms with E-state index in [1.165, 1.54) is 18.2 Å². The lowest BCUT2D eigenvalue weighted by molar-refractivity contribution is 0.629. The number of aryl methyl sites for hydroxylation is 1. The fraction of sp³-hybridized carbons (Fsp3) is 0.100. The number of fused-ring (bicyclic) bond motifs is 1. The van der Waals surface area contributed by atoms with Crippen LogP contribution in [0.2, 0.25) is 0 Å². The predicted octanol–water partition coefficient (Wildman–Crippen LogP) is 1.98. The zero-order chi connectivity index (χ0) is 9.42. The van der Waals surface area contributed by atoms with Crippen LogP contribution in [0.3, 0.4) is 0 Å². The highest BCUT2D eigenvalue weighted by atomic mass is 19.1. The number of hydrogen-bond donors (Lipinski definition) is 1. The number of aromatic amines is 1. The van der Waals surface area contributed by atoms with Crippen molar-refractivity contribution in [3.8, 4) is 0 Å². The lowest BCUT2D eigenvalue weighted by atomic mass is 10.2. The summed E-state index contributed by atoms with van der Waals surface area (Å²) in [5.41, 5.74) is 1.31. The molecule has 0 radical (unpaired) electrons. The highest BCUT2D eigenvalue weighted by molar-refractivity contribution is 5.78. The van der Waals surface area contributed by atoms with Crippen molar-refractivity contribution in [1.29, 1.82) is 0 Å². The molecule has 1 heterocycles. The summed E-state index contributed by atoms with van der Waals surface area (Å²) >= 11 is 0. The Kier molecular flexibility index (Phi) is 1.65. The number of rotatable bonds is 0. The Balaban J connectivity index is 2.95. The van der Waals surface area contributed by atoms with Crippen LogP contribution in [-0.2, 0) is 0 Å². The van der Waals surface area contributed by atoms with E-state index in [1.807, 2.05) is 0 Å². The molecule has 0 atom stereocenters. The third kappa shape index (κ3) is 1.33. The van der Waals surface area contributed by atoms with Crippen molar-refractivity contribution in [2.45, 2.75) is 6.92 Å². The maximum atomic E-state index is 12.8. The van der Waals surface area contributed by atoms with Crippen molar-refractivity contribution in [3.63, 3.8) is 0 Å². The van der Waals surface area contributed by atoms with Crippen LogP contribution in [0.1, 0.15) is 5.69 Å². The molecule has 0 amide bonds. The number of pyridine rings is 1. The lowest BCUT2D eigenvalue weighted by Gasteiger charge is -1.98. The second-order valence-electron chi connectivity index (χ2n) is 3.01. The zero-order valence-electron chi connectivity index (χ0n) is 7.10. The van der Waals surface area contributed by atoms with Gasteiger partial charge in [0.2, 0.25) is 0 Å². The van der Waals surface area contributed by atoms with E-state index in [4.69, 9.17) is 0 Å². The molecule has 2 nitrogen and oxygen atoms in total. The molecule has 0 saturated carbocycles. The van der Waals surface area contributed by atoms with Gasteiger partial charge in [0.05, 0.1) is 0 Å². The van der Waals surface area contributed by atoms with Gasteiger partial charge in [0.1, 0.15) is 5.82 Å². The number of aromatic nitrogens is 1. The van der Waals surface area contributed by atoms with Gasteiger partial charge >= 0.3 is 0 Å². The quantitative estimate of drug-likeness (QED) is 0.655. The van der Waals surface area contributed by atoms with Crippen molar-refractivity contribution in [2.75, 3.05) is 0 Å². The van der Waals surface area contributed by atoms with Crippen molar-refractivity contribution in [2.24, 2.45) is 0 Å². The number of hydrogen-bond acceptors (Lipinski definition) is 1. The molecule has 0 aliphatic heterocycles. The van der Waals surface area contributed by atoms with E-state index in [0.717, 1.165) is 5.69 Å². The fourth-order valence-electron chi connectivity index (χ4n) is 1.35. The van der Waals surface area contributed by atoms with Gasteiger partial charge in [-0.3, -0.25) is 4.79 Å². The zero-order valence-corrected chi connectivity index (χ0v) is 7.10. The van der Waals surface area contributed by atoms with Crippen LogP contribution in [0, 0.1) is 12.7 Å². The molecule has 0 unspecified atom stereocenters. The minimum absolute atomic E-state index is 0.147. The Morgan fingerprint density at radius 3 is 2.85 bits per heavy atom. The molecule has 66 valence electrons. The number of H-pyrrole nitrogens is 1. The normalized spacial score (nSPS) is 10.6. The summed E-state index contributed by atoms with van der Waals surface area (Å²) in [7, 11) is 0. The van der Waals surface area contributed by atoms with Gasteiger partial charge in [-0.2, -0.15) is 0 Å². The van der Waals surface area contributed by atoms with E-state index in [-0.39, 0.29) is 11.2 Å². The van der Waals surface area contributed by atoms with Crippen LogP contribution >= 0.6 is 0 Å². The van der Waals surface area contributed by atoms with Crippen molar-refractivity contribution in [1.82, 2.24) is 4.98 Å². The Labute approximate surface area is 74.0 Å². The largest absolute Gasteiger partial charge is 0.358 e. The summed E-state index contributed by atoms with van der Waals surface area (Å²) in [5.74, 6) is -0.387. The second-order valence-corrected chi connectivity index (χ2v) is 3.01. The second kappa shape index (κ2) is 2.69. The van der Waals surface area contributed by atoms with E-state index in [2.05, 4.69) is 4.98 Å². The molecule has 2 rings (SSSR count). The minimum Gasteiger partial charge on any atom is -0.358 e. The first-order chi connectivity index (χ1) is 6.16. The Morgan fingerprint density at radius 2 is 2.08 bits per heavy atom. The van der Waals surface area contributed by atoms with E-state index < -0.39 is 0 Å². The molecular weight excluding hydrogens is 169 g/mol. The first-order valence-corrected chi connectivity index (χ1v) is 3.96. The highest BCUT2D eigenvalue weighted by Crippen LogP contribution is 2.09. The van der Waals surface area contributed by atoms with Crippen LogP contribution in [-0.4, -0.2) is 4.98 Å². The maximum absolute atomic E-state index is 12.8. The van der Waals surface area contributed by atoms with Crippen LogP contribution in [0.5, 0.6) is 0 Å². The topological polar surface area (TPSA) is 32.9 Å². The van der Waals surface area contributed by atoms with E-state index in [1.54, 1.807) is 13.0 Å². The Bertz CT molecular complexity index is 516. The Hall–Kier alpha value is -1.64. The van der Waals surface area contributed by atoms with Crippen molar-refractivity contribution >= 4 is 10.9 Å². The maximum Gasteiger partial charge on any atom is 0.189 e. The van der Waals surface area contributed by atoms with Gasteiger partial charge in [-0.1, -0.05) is 0 Å². The summed E-state index contributed by atoms with van der Waals surface area (Å²) in [6.45, 7) is 1.80. The minimum atomic E-state index is -0.387. The van der Waals surface area contributed by atoms with E-state index >= 15 is 0 Å². The van der Waals surface area contributed by atoms with Gasteiger partial charge in [0.15, 0.2) is 5.43 Å². The van der Waals surface area contributed by atoms with Gasteiger partial charge in [-0.15, -0.1) is 0 Å². The number of benzene rings is 1. The molecular formula is C10H8FNO. The third-order valence-corrected chi connectivity index (χ3v) is 1.93. The standard InChI is InChI=1S/C10H8FNO/c1-6-4-10(13)8-5-7(11)2-3-9(8)12-6/h2-5H,1H3,(H,12,13). The SMILES string of the molecule is Cc1cc(=O)c2cc(F)ccc2[nH]1. The molecule has 2 aromatic rings. The van der Waals surface area contributed by atoms with Gasteiger partial charge in [0.25, 0.3) is 0 Å². The van der Waals surface area contributed by atoms with E-state index in [0.29, 0.717) is 10.9 Å². The summed E-state index contributed by atoms with van der Waals surface area (Å²) in [4.78, 5) is 14.4. The van der Waals surface area contributed by atoms with Crippen LogP contribution < -0.4 is 5.43 Å². The third-order valence-electron chi connectivity index (χ3n) is 1.93. The highest BCUT2D eigenvalue weighted by Gasteiger charge is 2.00. The van der Waals surface area contributed by atoms with Gasteiger partial charge < -0.3 is 4.98 Å². The molecule has 1 aromatic heterocycles. The molecule has 0 bridgehead atoms. The molecule has 0 saturated heterocycles. The van der Waals surface area contributed by atoms with E-state index in [9.17, 15) is 9.18 Å². The predicted molar refractivity (Wildman–Crippen MR) is 49.3 cm³/mol. The smallest absolute Gasteiger partial charge is 0.189 e. The van der Waals surface area contributed by atoms with Crippen molar-refractivity contribution < 1.29 is 4.39 Å². The van der Waals surface area contributed by atoms with Crippen LogP contribution in [0.4, 0.5) is 4.39 Å². The lowest BCUT2D eigenvalue weighted by Crippen LogP contribution is -2.02. The van der Waals surface area contributed by atoms with Gasteiger partial charge in [0, 0.05) is 22.7 Å². The summed E-state index contributed by atoms with van der Waals surface area (Å²) in [5, 5.41) is 0.394. The molecule has 1 aromatic carbocycles. The summed E-state index contributed by atoms with van der Waals surface area (Å²) < 4.78 is 12.8. The average molecular weight is 177 g/mol. The van der Waals surface area contributed by atoms with Gasteiger partial charge in [-0.05, 0) is 25.1 Å².